The Balaban J connectivity index is 0.000000188. The number of carbonyl (C=O) groups is 6. The first-order valence-electron chi connectivity index (χ1n) is 46.4. The lowest BCUT2D eigenvalue weighted by Crippen LogP contribution is -2.56. The molecule has 4 atom stereocenters. The maximum absolute atomic E-state index is 15.4. The summed E-state index contributed by atoms with van der Waals surface area (Å²) in [7, 11) is 6.06. The van der Waals surface area contributed by atoms with Crippen molar-refractivity contribution in [2.24, 2.45) is 15.7 Å². The highest BCUT2D eigenvalue weighted by atomic mass is 35.5. The first-order valence-corrected chi connectivity index (χ1v) is 48.7. The zero-order chi connectivity index (χ0) is 99.9. The van der Waals surface area contributed by atoms with E-state index in [9.17, 15) is 28.8 Å². The van der Waals surface area contributed by atoms with Gasteiger partial charge in [-0.05, 0) is 200 Å². The maximum atomic E-state index is 15.4. The molecule has 732 valence electrons. The van der Waals surface area contributed by atoms with Crippen molar-refractivity contribution in [3.8, 4) is 45.5 Å². The normalized spacial score (nSPS) is 15.2. The number of carboxylic acids is 1. The number of carbonyl (C=O) groups excluding carboxylic acids is 5. The summed E-state index contributed by atoms with van der Waals surface area (Å²) < 4.78 is 63.9. The quantitative estimate of drug-likeness (QED) is 0.0209. The molecule has 2 amide bonds. The second-order valence-corrected chi connectivity index (χ2v) is 36.8. The van der Waals surface area contributed by atoms with Crippen LogP contribution in [0, 0.1) is 11.6 Å². The van der Waals surface area contributed by atoms with E-state index >= 15 is 8.78 Å². The van der Waals surface area contributed by atoms with Crippen LogP contribution in [0.25, 0.3) is 22.5 Å². The Morgan fingerprint density at radius 2 is 0.816 bits per heavy atom. The van der Waals surface area contributed by atoms with Crippen LogP contribution in [-0.2, 0) is 54.6 Å². The van der Waals surface area contributed by atoms with Crippen LogP contribution in [0.5, 0.6) is 23.0 Å². The van der Waals surface area contributed by atoms with E-state index in [1.165, 1.54) is 33.5 Å². The summed E-state index contributed by atoms with van der Waals surface area (Å²) >= 11 is 37.5. The summed E-state index contributed by atoms with van der Waals surface area (Å²) in [6, 6.07) is 61.5. The minimum Gasteiger partial charge on any atom is -0.496 e. The molecule has 2 saturated heterocycles. The highest BCUT2D eigenvalue weighted by Crippen LogP contribution is 2.43. The molecule has 32 heteroatoms. The molecular weight excluding hydrogens is 1920 g/mol. The summed E-state index contributed by atoms with van der Waals surface area (Å²) in [4.78, 5) is 113. The standard InChI is InChI=1S/C55H53Cl3FN5O6.C33H32ClFN4O4.C21H22Cl2N2O3/c1-4-40-32-63(33-47(35-13-15-37(56)16-14-35)64(40)41-20-17-38(57)18-21-41)52(67)29-42(65)8-6-24-70-25-7-10-48(66)44-22-12-34(26-50(44)69-3)27-51-60-30-36-31-61-55(53-46(59)9-5-11-49(53)68-2)45-28-39(58)19-23-43(45)54(36)62-51;1-41-28-7-3-5-26(35)31(28)33-25-17-22(34)9-11-23(25)32-21(19-38-33)18-37-30(39-32)16-20-8-10-24(29(15-20)42-2)27(40)6-4-13-43-14-12-36;1-2-17-12-24(20(26)11-21(27)28)13-19(14-3-5-15(22)6-4-14)25(17)18-9-7-16(23)8-10-18/h5,9,11-23,26,28,30,40,47H,4,6-8,10,24-25,27,29,31-33H2,1-3H3;3,5,7-11,15,17-18H,4,6,12-14,16,19,36H2,1-2H3;3-10,17,19H,2,11-13H2,1H3,(H,27,28)/t40-,47-;;17-,19-/m0.0/s1. The minimum atomic E-state index is -1.11. The summed E-state index contributed by atoms with van der Waals surface area (Å²) in [5, 5.41) is 12.6. The van der Waals surface area contributed by atoms with Crippen molar-refractivity contribution in [3.63, 3.8) is 0 Å². The first-order chi connectivity index (χ1) is 68.2. The maximum Gasteiger partial charge on any atom is 0.312 e. The zero-order valence-corrected chi connectivity index (χ0v) is 83.3. The molecule has 24 nitrogen and oxygen atoms in total. The van der Waals surface area contributed by atoms with Gasteiger partial charge in [0.25, 0.3) is 0 Å². The Bertz CT molecular complexity index is 6570. The van der Waals surface area contributed by atoms with Gasteiger partial charge in [0.1, 0.15) is 58.5 Å². The Kier molecular flexibility index (Phi) is 36.7. The number of rotatable bonds is 36. The van der Waals surface area contributed by atoms with Gasteiger partial charge in [0.2, 0.25) is 11.8 Å². The van der Waals surface area contributed by atoms with Crippen LogP contribution in [0.1, 0.15) is 178 Å². The SMILES string of the molecule is CC[C@H]1CN(C(=O)CC(=O)CCCOCCCC(=O)c2ccc(Cc3ncc4c(n3)-c3ccc(Cl)cc3C(c3c(F)cccc3OC)=NC4)cc2OC)C[C@@H](c2ccc(Cl)cc2)N1c1ccc(Cl)cc1.CC[C@H]1CN(C(=O)CC(=O)O)C[C@@H](c2ccc(Cl)cc2)N1c1ccc(Cl)cc1.COc1cc(Cc2ncc3c(n2)-c2ccc(Cl)cc2C(c2c(F)cccc2OC)=NC3)ccc1C(=O)CCCOCCN. The Hall–Kier alpha value is -12.6. The van der Waals surface area contributed by atoms with Crippen LogP contribution in [-0.4, -0.2) is 181 Å². The number of nitrogens with zero attached hydrogens (tertiary/aromatic N) is 10. The number of ketones is 3. The second kappa shape index (κ2) is 49.7. The number of halogens is 8. The number of ether oxygens (including phenoxy) is 6. The summed E-state index contributed by atoms with van der Waals surface area (Å²) in [5.41, 5.74) is 19.3. The number of aliphatic imine (C=N–C) groups is 2. The molecule has 0 spiro atoms. The molecule has 0 aliphatic carbocycles. The van der Waals surface area contributed by atoms with E-state index in [1.807, 2.05) is 138 Å². The van der Waals surface area contributed by atoms with Crippen LogP contribution in [0.2, 0.25) is 30.1 Å². The Morgan fingerprint density at radius 1 is 0.433 bits per heavy atom. The number of benzene rings is 10. The van der Waals surface area contributed by atoms with Crippen LogP contribution in [0.15, 0.2) is 229 Å². The third kappa shape index (κ3) is 26.2. The van der Waals surface area contributed by atoms with Crippen molar-refractivity contribution in [1.82, 2.24) is 29.7 Å². The molecule has 6 heterocycles. The van der Waals surface area contributed by atoms with Crippen molar-refractivity contribution in [1.29, 1.82) is 0 Å². The van der Waals surface area contributed by atoms with Crippen molar-refractivity contribution in [2.45, 2.75) is 128 Å². The number of hydrogen-bond donors (Lipinski definition) is 2. The molecule has 0 bridgehead atoms. The molecule has 0 unspecified atom stereocenters. The predicted molar refractivity (Wildman–Crippen MR) is 548 cm³/mol. The van der Waals surface area contributed by atoms with E-state index < -0.39 is 24.0 Å². The summed E-state index contributed by atoms with van der Waals surface area (Å²) in [6.07, 6.45) is 7.56. The van der Waals surface area contributed by atoms with Gasteiger partial charge in [0, 0.05) is 184 Å². The molecule has 10 aromatic carbocycles. The lowest BCUT2D eigenvalue weighted by atomic mass is 9.94. The van der Waals surface area contributed by atoms with Crippen LogP contribution in [0.3, 0.4) is 0 Å². The molecule has 2 aromatic heterocycles. The van der Waals surface area contributed by atoms with Gasteiger partial charge in [-0.15, -0.1) is 0 Å². The van der Waals surface area contributed by atoms with Crippen LogP contribution >= 0.6 is 69.6 Å². The van der Waals surface area contributed by atoms with Gasteiger partial charge < -0.3 is 58.9 Å². The number of carboxylic acid groups (broad SMARTS) is 1. The number of piperazine rings is 2. The minimum absolute atomic E-state index is 0.0152. The predicted octanol–water partition coefficient (Wildman–Crippen LogP) is 22.3. The number of aliphatic carboxylic acids is 1. The Morgan fingerprint density at radius 3 is 1.21 bits per heavy atom. The molecule has 4 aliphatic heterocycles. The fourth-order valence-electron chi connectivity index (χ4n) is 18.0. The number of anilines is 2. The third-order valence-corrected chi connectivity index (χ3v) is 26.4. The van der Waals surface area contributed by atoms with Crippen molar-refractivity contribution in [3.05, 3.63) is 339 Å². The number of amides is 2. The van der Waals surface area contributed by atoms with Gasteiger partial charge in [-0.1, -0.05) is 144 Å². The molecule has 0 radical (unpaired) electrons. The van der Waals surface area contributed by atoms with Gasteiger partial charge in [-0.3, -0.25) is 38.8 Å². The Labute approximate surface area is 848 Å². The first kappa shape index (κ1) is 104. The second-order valence-electron chi connectivity index (χ2n) is 34.2. The van der Waals surface area contributed by atoms with E-state index in [4.69, 9.17) is 129 Å². The van der Waals surface area contributed by atoms with Gasteiger partial charge >= 0.3 is 5.97 Å². The number of Topliss-reactive ketones (excluding diaryl/α,β-unsaturated/α-hetero) is 3. The van der Waals surface area contributed by atoms with E-state index in [-0.39, 0.29) is 96.8 Å². The van der Waals surface area contributed by atoms with Gasteiger partial charge in [0.15, 0.2) is 11.6 Å². The fraction of sp³-hybridized carbons (Fsp3) is 0.303. The largest absolute Gasteiger partial charge is 0.496 e. The fourth-order valence-corrected chi connectivity index (χ4v) is 18.8. The summed E-state index contributed by atoms with van der Waals surface area (Å²) in [5.74, 6) is -0.0254. The van der Waals surface area contributed by atoms with Crippen molar-refractivity contribution in [2.75, 3.05) is 97.4 Å². The van der Waals surface area contributed by atoms with Crippen LogP contribution in [0.4, 0.5) is 20.2 Å². The van der Waals surface area contributed by atoms with E-state index in [1.54, 1.807) is 85.1 Å². The zero-order valence-electron chi connectivity index (χ0n) is 78.8. The molecule has 2 fully saturated rings. The smallest absolute Gasteiger partial charge is 0.312 e. The number of nitrogens with two attached hydrogens (primary N) is 1. The number of hydrogen-bond acceptors (Lipinski definition) is 21. The number of fused-ring (bicyclic) bond motifs is 6. The number of methoxy groups -OCH3 is 4. The number of aromatic nitrogens is 4. The monoisotopic (exact) mass is 2030 g/mol. The van der Waals surface area contributed by atoms with E-state index in [0.717, 1.165) is 68.7 Å². The van der Waals surface area contributed by atoms with E-state index in [0.29, 0.717) is 208 Å². The van der Waals surface area contributed by atoms with Crippen molar-refractivity contribution >= 4 is 128 Å². The molecule has 141 heavy (non-hydrogen) atoms. The van der Waals surface area contributed by atoms with Crippen molar-refractivity contribution < 1.29 is 71.1 Å². The molecule has 3 N–H and O–H groups in total. The molecule has 16 rings (SSSR count). The topological polar surface area (TPSA) is 293 Å². The summed E-state index contributed by atoms with van der Waals surface area (Å²) in [6.45, 7) is 8.54. The average molecular weight is 2030 g/mol. The lowest BCUT2D eigenvalue weighted by Gasteiger charge is -2.48. The van der Waals surface area contributed by atoms with Gasteiger partial charge in [-0.25, -0.2) is 28.7 Å². The van der Waals surface area contributed by atoms with Gasteiger partial charge in [0.05, 0.1) is 112 Å². The third-order valence-electron chi connectivity index (χ3n) is 24.9. The highest BCUT2D eigenvalue weighted by molar-refractivity contribution is 6.33. The van der Waals surface area contributed by atoms with E-state index in [2.05, 4.69) is 33.6 Å². The van der Waals surface area contributed by atoms with Crippen LogP contribution < -0.4 is 34.5 Å². The molecule has 0 saturated carbocycles. The lowest BCUT2D eigenvalue weighted by molar-refractivity contribution is -0.145. The average Bonchev–Trinajstić information content (AvgIpc) is 1.69. The van der Waals surface area contributed by atoms with Gasteiger partial charge in [-0.2, -0.15) is 0 Å². The molecular formula is C109H107Cl6F2N11O13. The molecule has 4 aliphatic rings. The molecule has 12 aromatic rings. The highest BCUT2D eigenvalue weighted by Gasteiger charge is 2.40.